The number of benzene rings is 3. The van der Waals surface area contributed by atoms with E-state index in [2.05, 4.69) is 10.3 Å². The molecule has 0 radical (unpaired) electrons. The zero-order valence-electron chi connectivity index (χ0n) is 21.8. The lowest BCUT2D eigenvalue weighted by atomic mass is 9.89. The van der Waals surface area contributed by atoms with Crippen LogP contribution in [0.3, 0.4) is 0 Å². The van der Waals surface area contributed by atoms with Gasteiger partial charge in [-0.25, -0.2) is 9.69 Å². The van der Waals surface area contributed by atoms with Gasteiger partial charge in [-0.15, -0.1) is 0 Å². The molecule has 0 bridgehead atoms. The van der Waals surface area contributed by atoms with Crippen molar-refractivity contribution < 1.29 is 29.0 Å². The molecule has 3 atom stereocenters. The third-order valence-corrected chi connectivity index (χ3v) is 7.59. The molecule has 3 heterocycles. The lowest BCUT2D eigenvalue weighted by Gasteiger charge is -2.36. The fraction of sp³-hybridized carbons (Fsp3) is 0.200. The van der Waals surface area contributed by atoms with Crippen LogP contribution in [-0.4, -0.2) is 58.0 Å². The number of carbonyl (C=O) groups is 4. The van der Waals surface area contributed by atoms with Crippen LogP contribution in [-0.2, 0) is 16.0 Å². The Bertz CT molecular complexity index is 1680. The molecule has 0 saturated carbocycles. The molecule has 10 heteroatoms. The Morgan fingerprint density at radius 1 is 1.02 bits per heavy atom. The van der Waals surface area contributed by atoms with E-state index in [0.29, 0.717) is 12.2 Å². The number of urea groups is 1. The van der Waals surface area contributed by atoms with Crippen LogP contribution in [0.25, 0.3) is 10.9 Å². The fourth-order valence-electron chi connectivity index (χ4n) is 5.63. The fourth-order valence-corrected chi connectivity index (χ4v) is 5.63. The van der Waals surface area contributed by atoms with E-state index in [0.717, 1.165) is 32.6 Å². The number of methoxy groups -OCH3 is 1. The third kappa shape index (κ3) is 3.87. The molecule has 1 unspecified atom stereocenters. The molecule has 1 saturated heterocycles. The second-order valence-corrected chi connectivity index (χ2v) is 9.87. The Morgan fingerprint density at radius 3 is 2.45 bits per heavy atom. The van der Waals surface area contributed by atoms with Gasteiger partial charge in [0, 0.05) is 23.0 Å². The largest absolute Gasteiger partial charge is 0.497 e. The molecule has 1 fully saturated rings. The molecule has 4 aromatic rings. The van der Waals surface area contributed by atoms with Gasteiger partial charge >= 0.3 is 12.0 Å². The number of carbonyl (C=O) groups excluding carboxylic acids is 3. The van der Waals surface area contributed by atoms with Crippen LogP contribution in [0.15, 0.2) is 72.8 Å². The number of para-hydroxylation sites is 2. The highest BCUT2D eigenvalue weighted by Gasteiger charge is 2.53. The van der Waals surface area contributed by atoms with E-state index in [4.69, 9.17) is 4.74 Å². The lowest BCUT2D eigenvalue weighted by molar-refractivity contribution is -0.138. The van der Waals surface area contributed by atoms with E-state index in [-0.39, 0.29) is 11.3 Å². The Labute approximate surface area is 229 Å². The first kappa shape index (κ1) is 25.2. The molecule has 40 heavy (non-hydrogen) atoms. The highest BCUT2D eigenvalue weighted by molar-refractivity contribution is 6.24. The van der Waals surface area contributed by atoms with Gasteiger partial charge in [0.25, 0.3) is 11.8 Å². The summed E-state index contributed by atoms with van der Waals surface area (Å²) in [6, 6.07) is 18.3. The summed E-state index contributed by atoms with van der Waals surface area (Å²) in [6.07, 6.45) is 0.303. The second kappa shape index (κ2) is 9.57. The summed E-state index contributed by atoms with van der Waals surface area (Å²) in [4.78, 5) is 58.6. The maximum absolute atomic E-state index is 14.2. The molecule has 2 aliphatic rings. The van der Waals surface area contributed by atoms with Gasteiger partial charge in [0.1, 0.15) is 23.9 Å². The predicted molar refractivity (Wildman–Crippen MR) is 146 cm³/mol. The number of imide groups is 1. The average Bonchev–Trinajstić information content (AvgIpc) is 3.46. The van der Waals surface area contributed by atoms with Crippen molar-refractivity contribution in [3.05, 3.63) is 95.2 Å². The summed E-state index contributed by atoms with van der Waals surface area (Å²) in [7, 11) is 1.58. The first-order chi connectivity index (χ1) is 19.3. The van der Waals surface area contributed by atoms with Crippen molar-refractivity contribution in [2.24, 2.45) is 0 Å². The van der Waals surface area contributed by atoms with Gasteiger partial charge in [0.2, 0.25) is 0 Å². The van der Waals surface area contributed by atoms with Crippen LogP contribution >= 0.6 is 0 Å². The number of fused-ring (bicyclic) bond motifs is 4. The molecule has 1 aromatic heterocycles. The number of amides is 4. The van der Waals surface area contributed by atoms with Crippen molar-refractivity contribution in [2.45, 2.75) is 31.5 Å². The quantitative estimate of drug-likeness (QED) is 0.320. The number of nitrogens with one attached hydrogen (secondary N) is 2. The molecule has 3 aromatic carbocycles. The first-order valence-electron chi connectivity index (χ1n) is 12.8. The molecule has 0 aliphatic carbocycles. The minimum absolute atomic E-state index is 0.0297. The summed E-state index contributed by atoms with van der Waals surface area (Å²) < 4.78 is 5.33. The highest BCUT2D eigenvalue weighted by atomic mass is 16.5. The van der Waals surface area contributed by atoms with E-state index in [1.54, 1.807) is 24.1 Å². The first-order valence-corrected chi connectivity index (χ1v) is 12.8. The van der Waals surface area contributed by atoms with Crippen LogP contribution in [0.5, 0.6) is 5.75 Å². The molecular formula is C30H26N4O6. The molecule has 0 spiro atoms. The summed E-state index contributed by atoms with van der Waals surface area (Å²) >= 11 is 0. The number of aromatic amines is 1. The van der Waals surface area contributed by atoms with Crippen LogP contribution in [0.2, 0.25) is 0 Å². The number of aliphatic carboxylic acids is 1. The van der Waals surface area contributed by atoms with Crippen LogP contribution in [0.4, 0.5) is 10.5 Å². The maximum atomic E-state index is 14.2. The minimum Gasteiger partial charge on any atom is -0.497 e. The Kier molecular flexibility index (Phi) is 6.02. The Hall–Kier alpha value is -5.12. The van der Waals surface area contributed by atoms with Crippen molar-refractivity contribution >= 4 is 40.4 Å². The van der Waals surface area contributed by atoms with E-state index < -0.39 is 41.9 Å². The van der Waals surface area contributed by atoms with Gasteiger partial charge < -0.3 is 20.1 Å². The van der Waals surface area contributed by atoms with Gasteiger partial charge in [0.15, 0.2) is 0 Å². The number of aromatic nitrogens is 1. The van der Waals surface area contributed by atoms with Gasteiger partial charge in [-0.3, -0.25) is 19.3 Å². The lowest BCUT2D eigenvalue weighted by Crippen LogP contribution is -2.44. The molecule has 3 N–H and O–H groups in total. The topological polar surface area (TPSA) is 132 Å². The van der Waals surface area contributed by atoms with E-state index in [9.17, 15) is 24.3 Å². The van der Waals surface area contributed by atoms with Gasteiger partial charge in [-0.05, 0) is 48.4 Å². The van der Waals surface area contributed by atoms with Crippen molar-refractivity contribution in [1.82, 2.24) is 15.2 Å². The molecule has 2 aliphatic heterocycles. The van der Waals surface area contributed by atoms with E-state index >= 15 is 0 Å². The van der Waals surface area contributed by atoms with E-state index in [1.807, 2.05) is 48.5 Å². The van der Waals surface area contributed by atoms with Gasteiger partial charge in [-0.2, -0.15) is 0 Å². The van der Waals surface area contributed by atoms with Gasteiger partial charge in [0.05, 0.1) is 18.4 Å². The van der Waals surface area contributed by atoms with Crippen molar-refractivity contribution in [3.63, 3.8) is 0 Å². The minimum atomic E-state index is -1.20. The number of hydrogen-bond donors (Lipinski definition) is 3. The normalized spacial score (nSPS) is 18.9. The molecule has 4 amide bonds. The monoisotopic (exact) mass is 538 g/mol. The number of rotatable bonds is 6. The summed E-state index contributed by atoms with van der Waals surface area (Å²) in [6.45, 7) is 1.34. The average molecular weight is 539 g/mol. The number of hydrogen-bond acceptors (Lipinski definition) is 5. The Morgan fingerprint density at radius 2 is 1.73 bits per heavy atom. The SMILES string of the molecule is COc1ccc(C2c3[nH]c4ccccc4c3C[C@H]3C(=O)N(c4ccccc4C(=O)N[C@@H](C)C(=O)O)C(=O)N23)cc1. The molecule has 6 rings (SSSR count). The highest BCUT2D eigenvalue weighted by Crippen LogP contribution is 2.45. The zero-order chi connectivity index (χ0) is 28.1. The number of ether oxygens (including phenoxy) is 1. The second-order valence-electron chi connectivity index (χ2n) is 9.87. The Balaban J connectivity index is 1.46. The predicted octanol–water partition coefficient (Wildman–Crippen LogP) is 3.86. The van der Waals surface area contributed by atoms with Gasteiger partial charge in [-0.1, -0.05) is 42.5 Å². The molecular weight excluding hydrogens is 512 g/mol. The van der Waals surface area contributed by atoms with Crippen molar-refractivity contribution in [1.29, 1.82) is 0 Å². The maximum Gasteiger partial charge on any atom is 0.332 e. The summed E-state index contributed by atoms with van der Waals surface area (Å²) in [5, 5.41) is 12.6. The number of anilines is 1. The molecule has 202 valence electrons. The number of nitrogens with zero attached hydrogens (tertiary/aromatic N) is 2. The number of H-pyrrole nitrogens is 1. The summed E-state index contributed by atoms with van der Waals surface area (Å²) in [5.41, 5.74) is 3.63. The number of carboxylic acid groups (broad SMARTS) is 1. The summed E-state index contributed by atoms with van der Waals surface area (Å²) in [5.74, 6) is -1.69. The zero-order valence-corrected chi connectivity index (χ0v) is 21.8. The van der Waals surface area contributed by atoms with Crippen LogP contribution in [0.1, 0.15) is 40.1 Å². The van der Waals surface area contributed by atoms with Crippen LogP contribution < -0.4 is 15.0 Å². The standard InChI is InChI=1S/C30H26N4O6/c1-16(29(37)38)31-27(35)20-8-4-6-10-23(20)34-28(36)24-15-21-19-7-3-5-9-22(19)32-25(21)26(33(24)30(34)39)17-11-13-18(40-2)14-12-17/h3-14,16,24,26,32H,15H2,1-2H3,(H,31,35)(H,37,38)/t16-,24-,26?/m0/s1. The van der Waals surface area contributed by atoms with Crippen molar-refractivity contribution in [2.75, 3.05) is 12.0 Å². The van der Waals surface area contributed by atoms with E-state index in [1.165, 1.54) is 19.1 Å². The third-order valence-electron chi connectivity index (χ3n) is 7.59. The number of carboxylic acids is 1. The molecule has 10 nitrogen and oxygen atoms in total. The van der Waals surface area contributed by atoms with Crippen molar-refractivity contribution in [3.8, 4) is 5.75 Å². The smallest absolute Gasteiger partial charge is 0.332 e. The van der Waals surface area contributed by atoms with Crippen LogP contribution in [0, 0.1) is 0 Å².